The molecule has 33 heavy (non-hydrogen) atoms. The second-order valence-corrected chi connectivity index (χ2v) is 9.68. The van der Waals surface area contributed by atoms with Gasteiger partial charge in [-0.1, -0.05) is 11.6 Å². The molecule has 7 heteroatoms. The number of piperazine rings is 1. The van der Waals surface area contributed by atoms with Gasteiger partial charge in [0, 0.05) is 48.6 Å². The number of benzene rings is 2. The van der Waals surface area contributed by atoms with E-state index in [9.17, 15) is 4.79 Å². The normalized spacial score (nSPS) is 18.0. The second kappa shape index (κ2) is 10.7. The van der Waals surface area contributed by atoms with E-state index in [1.54, 1.807) is 7.11 Å². The molecule has 0 spiro atoms. The highest BCUT2D eigenvalue weighted by molar-refractivity contribution is 6.30. The van der Waals surface area contributed by atoms with Crippen molar-refractivity contribution in [2.24, 2.45) is 0 Å². The number of nitrogens with one attached hydrogen (secondary N) is 1. The molecular formula is C26H35ClN4O2. The fourth-order valence-corrected chi connectivity index (χ4v) is 5.01. The highest BCUT2D eigenvalue weighted by atomic mass is 35.5. The molecule has 2 saturated heterocycles. The lowest BCUT2D eigenvalue weighted by molar-refractivity contribution is 0.171. The first-order valence-corrected chi connectivity index (χ1v) is 12.3. The van der Waals surface area contributed by atoms with Gasteiger partial charge in [-0.3, -0.25) is 0 Å². The number of carbonyl (C=O) groups excluding carboxylic acids is 1. The van der Waals surface area contributed by atoms with Crippen LogP contribution < -0.4 is 15.0 Å². The van der Waals surface area contributed by atoms with Gasteiger partial charge in [0.1, 0.15) is 5.75 Å². The van der Waals surface area contributed by atoms with Crippen LogP contribution in [0.15, 0.2) is 42.5 Å². The van der Waals surface area contributed by atoms with E-state index in [2.05, 4.69) is 35.0 Å². The van der Waals surface area contributed by atoms with Crippen LogP contribution in [0.2, 0.25) is 5.02 Å². The van der Waals surface area contributed by atoms with Gasteiger partial charge in [-0.05, 0) is 93.7 Å². The molecule has 2 aliphatic rings. The Kier molecular flexibility index (Phi) is 7.66. The molecule has 2 aromatic rings. The van der Waals surface area contributed by atoms with Crippen molar-refractivity contribution in [3.05, 3.63) is 53.1 Å². The van der Waals surface area contributed by atoms with E-state index >= 15 is 0 Å². The van der Waals surface area contributed by atoms with Crippen LogP contribution in [0.3, 0.4) is 0 Å². The summed E-state index contributed by atoms with van der Waals surface area (Å²) < 4.78 is 5.66. The summed E-state index contributed by atoms with van der Waals surface area (Å²) in [7, 11) is 1.72. The number of ether oxygens (including phenoxy) is 1. The monoisotopic (exact) mass is 470 g/mol. The lowest BCUT2D eigenvalue weighted by Gasteiger charge is -2.36. The molecule has 2 fully saturated rings. The van der Waals surface area contributed by atoms with Crippen LogP contribution in [0.4, 0.5) is 16.2 Å². The summed E-state index contributed by atoms with van der Waals surface area (Å²) in [4.78, 5) is 19.7. The lowest BCUT2D eigenvalue weighted by Crippen LogP contribution is -2.50. The molecule has 0 atom stereocenters. The quantitative estimate of drug-likeness (QED) is 0.645. The van der Waals surface area contributed by atoms with Gasteiger partial charge in [0.05, 0.1) is 7.11 Å². The maximum atomic E-state index is 13.0. The molecule has 2 aliphatic heterocycles. The maximum Gasteiger partial charge on any atom is 0.321 e. The first-order chi connectivity index (χ1) is 15.9. The van der Waals surface area contributed by atoms with Crippen molar-refractivity contribution < 1.29 is 9.53 Å². The number of urea groups is 1. The van der Waals surface area contributed by atoms with E-state index in [0.717, 1.165) is 61.2 Å². The summed E-state index contributed by atoms with van der Waals surface area (Å²) >= 11 is 6.00. The molecule has 2 aromatic carbocycles. The van der Waals surface area contributed by atoms with E-state index in [0.29, 0.717) is 25.0 Å². The van der Waals surface area contributed by atoms with Crippen LogP contribution in [-0.2, 0) is 0 Å². The van der Waals surface area contributed by atoms with Crippen molar-refractivity contribution in [2.75, 3.05) is 56.6 Å². The van der Waals surface area contributed by atoms with Gasteiger partial charge in [-0.25, -0.2) is 4.79 Å². The number of halogens is 1. The third-order valence-electron chi connectivity index (χ3n) is 6.94. The Labute approximate surface area is 202 Å². The van der Waals surface area contributed by atoms with Crippen LogP contribution >= 0.6 is 11.6 Å². The Morgan fingerprint density at radius 3 is 2.27 bits per heavy atom. The predicted octanol–water partition coefficient (Wildman–Crippen LogP) is 5.29. The number of likely N-dealkylation sites (tertiary alicyclic amines) is 1. The molecular weight excluding hydrogens is 436 g/mol. The summed E-state index contributed by atoms with van der Waals surface area (Å²) in [5.74, 6) is 1.36. The number of amides is 2. The Bertz CT molecular complexity index is 934. The number of piperidine rings is 1. The Hall–Kier alpha value is -2.44. The lowest BCUT2D eigenvalue weighted by atomic mass is 9.88. The number of carbonyl (C=O) groups is 1. The largest absolute Gasteiger partial charge is 0.496 e. The van der Waals surface area contributed by atoms with Crippen molar-refractivity contribution in [3.63, 3.8) is 0 Å². The molecule has 2 amide bonds. The number of hydrogen-bond donors (Lipinski definition) is 1. The zero-order valence-electron chi connectivity index (χ0n) is 19.9. The molecule has 2 heterocycles. The molecule has 0 unspecified atom stereocenters. The molecule has 0 aliphatic carbocycles. The third-order valence-corrected chi connectivity index (χ3v) is 7.19. The van der Waals surface area contributed by atoms with E-state index in [1.165, 1.54) is 5.56 Å². The maximum absolute atomic E-state index is 13.0. The van der Waals surface area contributed by atoms with E-state index in [1.807, 2.05) is 41.3 Å². The van der Waals surface area contributed by atoms with Crippen LogP contribution in [-0.4, -0.2) is 68.3 Å². The Morgan fingerprint density at radius 2 is 1.67 bits per heavy atom. The van der Waals surface area contributed by atoms with Gasteiger partial charge in [0.25, 0.3) is 0 Å². The van der Waals surface area contributed by atoms with Crippen LogP contribution in [0.1, 0.15) is 38.2 Å². The van der Waals surface area contributed by atoms with E-state index in [4.69, 9.17) is 16.3 Å². The van der Waals surface area contributed by atoms with E-state index < -0.39 is 0 Å². The standard InChI is InChI=1S/C26H35ClN4O2/c1-19(2)29-12-10-20(11-13-29)24-18-22(6-9-25(24)33-3)28-26(32)31-16-14-30(15-17-31)23-7-4-21(27)5-8-23/h4-9,18-20H,10-17H2,1-3H3,(H,28,32). The predicted molar refractivity (Wildman–Crippen MR) is 136 cm³/mol. The fourth-order valence-electron chi connectivity index (χ4n) is 4.88. The highest BCUT2D eigenvalue weighted by Crippen LogP contribution is 2.36. The molecule has 6 nitrogen and oxygen atoms in total. The fraction of sp³-hybridized carbons (Fsp3) is 0.500. The minimum atomic E-state index is -0.0449. The van der Waals surface area contributed by atoms with Crippen molar-refractivity contribution in [1.29, 1.82) is 0 Å². The molecule has 0 aromatic heterocycles. The Morgan fingerprint density at radius 1 is 1.00 bits per heavy atom. The van der Waals surface area contributed by atoms with Gasteiger partial charge in [-0.15, -0.1) is 0 Å². The number of anilines is 2. The van der Waals surface area contributed by atoms with Crippen molar-refractivity contribution >= 4 is 29.0 Å². The smallest absolute Gasteiger partial charge is 0.321 e. The Balaban J connectivity index is 1.36. The van der Waals surface area contributed by atoms with Crippen LogP contribution in [0.25, 0.3) is 0 Å². The van der Waals surface area contributed by atoms with Gasteiger partial charge >= 0.3 is 6.03 Å². The summed E-state index contributed by atoms with van der Waals surface area (Å²) in [5, 5.41) is 3.85. The minimum Gasteiger partial charge on any atom is -0.496 e. The summed E-state index contributed by atoms with van der Waals surface area (Å²) in [6.07, 6.45) is 2.22. The molecule has 4 rings (SSSR count). The van der Waals surface area contributed by atoms with Crippen molar-refractivity contribution in [3.8, 4) is 5.75 Å². The zero-order valence-corrected chi connectivity index (χ0v) is 20.6. The first-order valence-electron chi connectivity index (χ1n) is 11.9. The average molecular weight is 471 g/mol. The van der Waals surface area contributed by atoms with Gasteiger partial charge < -0.3 is 24.8 Å². The van der Waals surface area contributed by atoms with Crippen molar-refractivity contribution in [1.82, 2.24) is 9.80 Å². The number of methoxy groups -OCH3 is 1. The van der Waals surface area contributed by atoms with Crippen molar-refractivity contribution in [2.45, 2.75) is 38.6 Å². The molecule has 0 saturated carbocycles. The topological polar surface area (TPSA) is 48.1 Å². The molecule has 0 bridgehead atoms. The van der Waals surface area contributed by atoms with Gasteiger partial charge in [-0.2, -0.15) is 0 Å². The molecule has 1 N–H and O–H groups in total. The molecule has 0 radical (unpaired) electrons. The third kappa shape index (κ3) is 5.74. The highest BCUT2D eigenvalue weighted by Gasteiger charge is 2.26. The second-order valence-electron chi connectivity index (χ2n) is 9.24. The SMILES string of the molecule is COc1ccc(NC(=O)N2CCN(c3ccc(Cl)cc3)CC2)cc1C1CCN(C(C)C)CC1. The van der Waals surface area contributed by atoms with Crippen LogP contribution in [0.5, 0.6) is 5.75 Å². The summed E-state index contributed by atoms with van der Waals surface area (Å²) in [5.41, 5.74) is 3.18. The molecule has 178 valence electrons. The van der Waals surface area contributed by atoms with Gasteiger partial charge in [0.2, 0.25) is 0 Å². The summed E-state index contributed by atoms with van der Waals surface area (Å²) in [6.45, 7) is 9.68. The zero-order chi connectivity index (χ0) is 23.4. The van der Waals surface area contributed by atoms with Crippen LogP contribution in [0, 0.1) is 0 Å². The number of hydrogen-bond acceptors (Lipinski definition) is 4. The first kappa shape index (κ1) is 23.7. The minimum absolute atomic E-state index is 0.0449. The average Bonchev–Trinajstić information content (AvgIpc) is 2.84. The van der Waals surface area contributed by atoms with E-state index in [-0.39, 0.29) is 6.03 Å². The number of nitrogens with zero attached hydrogens (tertiary/aromatic N) is 3. The van der Waals surface area contributed by atoms with Gasteiger partial charge in [0.15, 0.2) is 0 Å². The summed E-state index contributed by atoms with van der Waals surface area (Å²) in [6, 6.07) is 14.4. The number of rotatable bonds is 5.